The van der Waals surface area contributed by atoms with Gasteiger partial charge in [-0.3, -0.25) is 0 Å². The third-order valence-corrected chi connectivity index (χ3v) is 3.67. The lowest BCUT2D eigenvalue weighted by atomic mass is 10.1. The molecule has 0 fully saturated rings. The largest absolute Gasteiger partial charge is 0.478 e. The van der Waals surface area contributed by atoms with Gasteiger partial charge in [0.25, 0.3) is 0 Å². The van der Waals surface area contributed by atoms with Gasteiger partial charge in [-0.05, 0) is 45.8 Å². The van der Waals surface area contributed by atoms with Gasteiger partial charge >= 0.3 is 5.97 Å². The number of hydrogen-bond acceptors (Lipinski definition) is 4. The molecule has 0 spiro atoms. The number of aromatic nitrogens is 4. The average Bonchev–Trinajstić information content (AvgIpc) is 2.97. The molecule has 0 unspecified atom stereocenters. The van der Waals surface area contributed by atoms with E-state index >= 15 is 0 Å². The number of hydrogen-bond donors (Lipinski definition) is 1. The molecule has 0 saturated carbocycles. The second-order valence-electron chi connectivity index (χ2n) is 5.06. The Morgan fingerprint density at radius 2 is 1.70 bits per heavy atom. The highest BCUT2D eigenvalue weighted by molar-refractivity contribution is 6.30. The van der Waals surface area contributed by atoms with Crippen molar-refractivity contribution in [1.29, 1.82) is 0 Å². The molecule has 1 aromatic heterocycles. The third kappa shape index (κ3) is 3.73. The molecule has 3 aromatic rings. The Labute approximate surface area is 137 Å². The van der Waals surface area contributed by atoms with Crippen LogP contribution in [0.2, 0.25) is 5.02 Å². The zero-order chi connectivity index (χ0) is 16.2. The molecule has 116 valence electrons. The number of benzene rings is 2. The van der Waals surface area contributed by atoms with Crippen molar-refractivity contribution in [1.82, 2.24) is 20.2 Å². The van der Waals surface area contributed by atoms with Crippen molar-refractivity contribution in [3.05, 3.63) is 76.1 Å². The Kier molecular flexibility index (Phi) is 4.34. The van der Waals surface area contributed by atoms with Crippen LogP contribution >= 0.6 is 11.6 Å². The molecule has 0 aliphatic carbocycles. The summed E-state index contributed by atoms with van der Waals surface area (Å²) in [7, 11) is 0. The molecule has 0 aliphatic rings. The number of carboxylic acid groups (broad SMARTS) is 1. The molecule has 0 aliphatic heterocycles. The SMILES string of the molecule is O=C(O)c1ccc(Cn2nnnc2Cc2ccc(Cl)cc2)cc1. The Balaban J connectivity index is 1.75. The van der Waals surface area contributed by atoms with E-state index in [1.807, 2.05) is 24.3 Å². The zero-order valence-corrected chi connectivity index (χ0v) is 12.8. The van der Waals surface area contributed by atoms with Gasteiger partial charge in [0.1, 0.15) is 0 Å². The van der Waals surface area contributed by atoms with E-state index in [-0.39, 0.29) is 5.56 Å². The summed E-state index contributed by atoms with van der Waals surface area (Å²) in [5.41, 5.74) is 2.25. The first-order valence-electron chi connectivity index (χ1n) is 6.93. The molecule has 7 heteroatoms. The van der Waals surface area contributed by atoms with E-state index < -0.39 is 5.97 Å². The van der Waals surface area contributed by atoms with Crippen molar-refractivity contribution in [2.45, 2.75) is 13.0 Å². The fourth-order valence-corrected chi connectivity index (χ4v) is 2.31. The lowest BCUT2D eigenvalue weighted by Gasteiger charge is -2.06. The lowest BCUT2D eigenvalue weighted by molar-refractivity contribution is 0.0697. The molecule has 0 bridgehead atoms. The summed E-state index contributed by atoms with van der Waals surface area (Å²) in [4.78, 5) is 10.9. The molecule has 0 saturated heterocycles. The van der Waals surface area contributed by atoms with E-state index in [2.05, 4.69) is 15.5 Å². The van der Waals surface area contributed by atoms with Gasteiger partial charge in [-0.1, -0.05) is 35.9 Å². The molecule has 23 heavy (non-hydrogen) atoms. The molecule has 0 atom stereocenters. The van der Waals surface area contributed by atoms with Gasteiger partial charge in [0.2, 0.25) is 0 Å². The normalized spacial score (nSPS) is 10.7. The summed E-state index contributed by atoms with van der Waals surface area (Å²) in [5.74, 6) is -0.211. The van der Waals surface area contributed by atoms with E-state index in [0.29, 0.717) is 18.0 Å². The summed E-state index contributed by atoms with van der Waals surface area (Å²) in [5, 5.41) is 21.4. The summed E-state index contributed by atoms with van der Waals surface area (Å²) in [6.07, 6.45) is 0.595. The second kappa shape index (κ2) is 6.58. The van der Waals surface area contributed by atoms with E-state index in [1.165, 1.54) is 0 Å². The van der Waals surface area contributed by atoms with Gasteiger partial charge in [-0.15, -0.1) is 5.10 Å². The van der Waals surface area contributed by atoms with Crippen molar-refractivity contribution < 1.29 is 9.90 Å². The van der Waals surface area contributed by atoms with Crippen LogP contribution in [-0.2, 0) is 13.0 Å². The van der Waals surface area contributed by atoms with E-state index in [0.717, 1.165) is 17.0 Å². The predicted molar refractivity (Wildman–Crippen MR) is 84.6 cm³/mol. The van der Waals surface area contributed by atoms with E-state index in [4.69, 9.17) is 16.7 Å². The Bertz CT molecular complexity index is 813. The van der Waals surface area contributed by atoms with Crippen molar-refractivity contribution >= 4 is 17.6 Å². The maximum absolute atomic E-state index is 10.9. The number of carbonyl (C=O) groups is 1. The van der Waals surface area contributed by atoms with Crippen LogP contribution in [0, 0.1) is 0 Å². The Morgan fingerprint density at radius 1 is 1.04 bits per heavy atom. The number of carboxylic acids is 1. The lowest BCUT2D eigenvalue weighted by Crippen LogP contribution is -2.08. The van der Waals surface area contributed by atoms with Crippen LogP contribution in [0.3, 0.4) is 0 Å². The van der Waals surface area contributed by atoms with Gasteiger partial charge in [0.15, 0.2) is 5.82 Å². The van der Waals surface area contributed by atoms with Crippen LogP contribution < -0.4 is 0 Å². The quantitative estimate of drug-likeness (QED) is 0.778. The zero-order valence-electron chi connectivity index (χ0n) is 12.1. The number of rotatable bonds is 5. The molecule has 2 aromatic carbocycles. The van der Waals surface area contributed by atoms with Crippen LogP contribution in [0.15, 0.2) is 48.5 Å². The summed E-state index contributed by atoms with van der Waals surface area (Å²) in [6.45, 7) is 0.482. The standard InChI is InChI=1S/C16H13ClN4O2/c17-14-7-3-11(4-8-14)9-15-18-19-20-21(15)10-12-1-5-13(6-2-12)16(22)23/h1-8H,9-10H2,(H,22,23). The first-order valence-corrected chi connectivity index (χ1v) is 7.31. The number of aromatic carboxylic acids is 1. The summed E-state index contributed by atoms with van der Waals surface area (Å²) < 4.78 is 1.70. The average molecular weight is 329 g/mol. The predicted octanol–water partition coefficient (Wildman–Crippen LogP) is 2.66. The Morgan fingerprint density at radius 3 is 2.35 bits per heavy atom. The van der Waals surface area contributed by atoms with Gasteiger partial charge in [-0.2, -0.15) is 0 Å². The van der Waals surface area contributed by atoms with E-state index in [9.17, 15) is 4.79 Å². The first-order chi connectivity index (χ1) is 11.1. The smallest absolute Gasteiger partial charge is 0.335 e. The fraction of sp³-hybridized carbons (Fsp3) is 0.125. The molecular weight excluding hydrogens is 316 g/mol. The van der Waals surface area contributed by atoms with Crippen LogP contribution in [0.4, 0.5) is 0 Å². The first kappa shape index (κ1) is 15.2. The Hall–Kier alpha value is -2.73. The van der Waals surface area contributed by atoms with Crippen LogP contribution in [-0.4, -0.2) is 31.3 Å². The minimum absolute atomic E-state index is 0.256. The minimum Gasteiger partial charge on any atom is -0.478 e. The van der Waals surface area contributed by atoms with Gasteiger partial charge < -0.3 is 5.11 Å². The van der Waals surface area contributed by atoms with Crippen molar-refractivity contribution in [3.63, 3.8) is 0 Å². The van der Waals surface area contributed by atoms with Gasteiger partial charge in [-0.25, -0.2) is 9.48 Å². The van der Waals surface area contributed by atoms with Crippen LogP contribution in [0.5, 0.6) is 0 Å². The summed E-state index contributed by atoms with van der Waals surface area (Å²) >= 11 is 5.88. The molecular formula is C16H13ClN4O2. The number of tetrazole rings is 1. The van der Waals surface area contributed by atoms with Crippen LogP contribution in [0.25, 0.3) is 0 Å². The topological polar surface area (TPSA) is 80.9 Å². The number of nitrogens with zero attached hydrogens (tertiary/aromatic N) is 4. The van der Waals surface area contributed by atoms with Crippen molar-refractivity contribution in [2.24, 2.45) is 0 Å². The van der Waals surface area contributed by atoms with Gasteiger partial charge in [0, 0.05) is 11.4 Å². The maximum Gasteiger partial charge on any atom is 0.335 e. The molecule has 1 heterocycles. The van der Waals surface area contributed by atoms with Gasteiger partial charge in [0.05, 0.1) is 12.1 Å². The molecule has 0 amide bonds. The highest BCUT2D eigenvalue weighted by Crippen LogP contribution is 2.13. The highest BCUT2D eigenvalue weighted by Gasteiger charge is 2.09. The van der Waals surface area contributed by atoms with Crippen LogP contribution in [0.1, 0.15) is 27.3 Å². The molecule has 1 N–H and O–H groups in total. The summed E-state index contributed by atoms with van der Waals surface area (Å²) in [6, 6.07) is 14.2. The van der Waals surface area contributed by atoms with Crippen molar-refractivity contribution in [3.8, 4) is 0 Å². The van der Waals surface area contributed by atoms with E-state index in [1.54, 1.807) is 28.9 Å². The maximum atomic E-state index is 10.9. The highest BCUT2D eigenvalue weighted by atomic mass is 35.5. The number of halogens is 1. The molecule has 0 radical (unpaired) electrons. The third-order valence-electron chi connectivity index (χ3n) is 3.41. The molecule has 6 nitrogen and oxygen atoms in total. The minimum atomic E-state index is -0.942. The fourth-order valence-electron chi connectivity index (χ4n) is 2.18. The monoisotopic (exact) mass is 328 g/mol. The van der Waals surface area contributed by atoms with Crippen molar-refractivity contribution in [2.75, 3.05) is 0 Å². The molecule has 3 rings (SSSR count). The second-order valence-corrected chi connectivity index (χ2v) is 5.49.